The zero-order valence-electron chi connectivity index (χ0n) is 4.23. The molecule has 1 nitrogen and oxygen atoms in total. The smallest absolute Gasteiger partial charge is 0.0771 e. The predicted octanol–water partition coefficient (Wildman–Crippen LogP) is 1.10. The molecule has 0 saturated carbocycles. The van der Waals surface area contributed by atoms with Crippen molar-refractivity contribution < 1.29 is 0 Å². The van der Waals surface area contributed by atoms with Gasteiger partial charge >= 0.3 is 0 Å². The fraction of sp³-hybridized carbons (Fsp3) is 0.800. The van der Waals surface area contributed by atoms with Gasteiger partial charge in [-0.15, -0.1) is 0 Å². The van der Waals surface area contributed by atoms with E-state index >= 15 is 0 Å². The van der Waals surface area contributed by atoms with E-state index in [0.29, 0.717) is 5.92 Å². The summed E-state index contributed by atoms with van der Waals surface area (Å²) in [6, 6.07) is 0. The third-order valence-electron chi connectivity index (χ3n) is 1.01. The third kappa shape index (κ3) is 0.588. The molecule has 1 heterocycles. The second-order valence-electron chi connectivity index (χ2n) is 1.96. The van der Waals surface area contributed by atoms with Crippen LogP contribution in [0, 0.1) is 5.92 Å². The SMILES string of the molecule is CC(C)C1=NC1. The van der Waals surface area contributed by atoms with Crippen molar-refractivity contribution in [3.63, 3.8) is 0 Å². The lowest BCUT2D eigenvalue weighted by atomic mass is 10.2. The minimum Gasteiger partial charge on any atom is -0.286 e. The highest BCUT2D eigenvalue weighted by Gasteiger charge is 2.12. The molecule has 0 aromatic rings. The molecule has 1 aliphatic rings. The van der Waals surface area contributed by atoms with Crippen LogP contribution >= 0.6 is 0 Å². The van der Waals surface area contributed by atoms with Crippen molar-refractivity contribution in [2.45, 2.75) is 13.8 Å². The van der Waals surface area contributed by atoms with E-state index in [0.717, 1.165) is 6.54 Å². The van der Waals surface area contributed by atoms with Crippen LogP contribution in [0.2, 0.25) is 0 Å². The van der Waals surface area contributed by atoms with Gasteiger partial charge in [0.15, 0.2) is 0 Å². The van der Waals surface area contributed by atoms with Gasteiger partial charge in [-0.3, -0.25) is 4.99 Å². The van der Waals surface area contributed by atoms with Gasteiger partial charge in [0, 0.05) is 5.71 Å². The molecule has 0 atom stereocenters. The van der Waals surface area contributed by atoms with Gasteiger partial charge in [0.2, 0.25) is 0 Å². The topological polar surface area (TPSA) is 12.4 Å². The number of rotatable bonds is 1. The Hall–Kier alpha value is -0.330. The molecule has 0 aromatic heterocycles. The normalized spacial score (nSPS) is 18.2. The van der Waals surface area contributed by atoms with E-state index in [9.17, 15) is 0 Å². The van der Waals surface area contributed by atoms with Gasteiger partial charge in [-0.05, 0) is 5.92 Å². The lowest BCUT2D eigenvalue weighted by Crippen LogP contribution is -1.92. The molecule has 0 radical (unpaired) electrons. The molecular weight excluding hydrogens is 74.1 g/mol. The third-order valence-corrected chi connectivity index (χ3v) is 1.01. The Balaban J connectivity index is 2.31. The number of nitrogens with zero attached hydrogens (tertiary/aromatic N) is 1. The molecule has 0 fully saturated rings. The van der Waals surface area contributed by atoms with Crippen LogP contribution in [0.1, 0.15) is 13.8 Å². The van der Waals surface area contributed by atoms with Crippen LogP contribution in [0.3, 0.4) is 0 Å². The van der Waals surface area contributed by atoms with Gasteiger partial charge in [-0.1, -0.05) is 13.8 Å². The summed E-state index contributed by atoms with van der Waals surface area (Å²) in [7, 11) is 0. The molecule has 0 unspecified atom stereocenters. The molecule has 0 aliphatic carbocycles. The fourth-order valence-electron chi connectivity index (χ4n) is 0.411. The first kappa shape index (κ1) is 3.85. The first-order chi connectivity index (χ1) is 2.80. The number of hydrogen-bond acceptors (Lipinski definition) is 1. The van der Waals surface area contributed by atoms with E-state index in [2.05, 4.69) is 18.8 Å². The molecule has 1 heteroatoms. The van der Waals surface area contributed by atoms with E-state index in [4.69, 9.17) is 0 Å². The summed E-state index contributed by atoms with van der Waals surface area (Å²) in [5, 5.41) is 0. The molecule has 0 aromatic carbocycles. The van der Waals surface area contributed by atoms with Gasteiger partial charge in [-0.25, -0.2) is 0 Å². The van der Waals surface area contributed by atoms with Crippen LogP contribution in [0.4, 0.5) is 0 Å². The Morgan fingerprint density at radius 2 is 2.17 bits per heavy atom. The molecule has 34 valence electrons. The average Bonchev–Trinajstić information content (AvgIpc) is 2.06. The van der Waals surface area contributed by atoms with Crippen molar-refractivity contribution in [1.29, 1.82) is 0 Å². The number of aliphatic imine (C=N–C) groups is 1. The second-order valence-corrected chi connectivity index (χ2v) is 1.96. The van der Waals surface area contributed by atoms with Gasteiger partial charge in [0.05, 0.1) is 6.54 Å². The minimum atomic E-state index is 0.713. The van der Waals surface area contributed by atoms with Crippen molar-refractivity contribution in [3.05, 3.63) is 0 Å². The lowest BCUT2D eigenvalue weighted by Gasteiger charge is -1.86. The molecule has 0 spiro atoms. The van der Waals surface area contributed by atoms with E-state index in [1.165, 1.54) is 5.71 Å². The monoisotopic (exact) mass is 83.1 g/mol. The molecule has 0 amide bonds. The minimum absolute atomic E-state index is 0.713. The van der Waals surface area contributed by atoms with Crippen molar-refractivity contribution in [1.82, 2.24) is 0 Å². The fourth-order valence-corrected chi connectivity index (χ4v) is 0.411. The van der Waals surface area contributed by atoms with Gasteiger partial charge in [0.25, 0.3) is 0 Å². The first-order valence-corrected chi connectivity index (χ1v) is 2.34. The average molecular weight is 83.1 g/mol. The molecule has 1 aliphatic heterocycles. The summed E-state index contributed by atoms with van der Waals surface area (Å²) < 4.78 is 0. The molecule has 1 rings (SSSR count). The van der Waals surface area contributed by atoms with E-state index in [1.54, 1.807) is 0 Å². The van der Waals surface area contributed by atoms with Crippen LogP contribution in [0.25, 0.3) is 0 Å². The van der Waals surface area contributed by atoms with Crippen molar-refractivity contribution in [2.75, 3.05) is 6.54 Å². The first-order valence-electron chi connectivity index (χ1n) is 2.34. The highest BCUT2D eigenvalue weighted by molar-refractivity contribution is 5.98. The van der Waals surface area contributed by atoms with E-state index in [1.807, 2.05) is 0 Å². The zero-order valence-corrected chi connectivity index (χ0v) is 4.23. The summed E-state index contributed by atoms with van der Waals surface area (Å²) in [5.41, 5.74) is 1.38. The second kappa shape index (κ2) is 1.07. The van der Waals surface area contributed by atoms with E-state index in [-0.39, 0.29) is 0 Å². The zero-order chi connectivity index (χ0) is 4.57. The van der Waals surface area contributed by atoms with Crippen LogP contribution in [0.5, 0.6) is 0 Å². The number of hydrogen-bond donors (Lipinski definition) is 0. The summed E-state index contributed by atoms with van der Waals surface area (Å²) in [6.07, 6.45) is 0. The summed E-state index contributed by atoms with van der Waals surface area (Å²) in [4.78, 5) is 4.02. The predicted molar refractivity (Wildman–Crippen MR) is 27.1 cm³/mol. The molecule has 6 heavy (non-hydrogen) atoms. The molecule has 0 bridgehead atoms. The Morgan fingerprint density at radius 1 is 1.67 bits per heavy atom. The van der Waals surface area contributed by atoms with Crippen molar-refractivity contribution in [3.8, 4) is 0 Å². The highest BCUT2D eigenvalue weighted by Crippen LogP contribution is 2.06. The van der Waals surface area contributed by atoms with Crippen molar-refractivity contribution >= 4 is 5.71 Å². The van der Waals surface area contributed by atoms with Crippen LogP contribution in [-0.4, -0.2) is 12.3 Å². The van der Waals surface area contributed by atoms with Gasteiger partial charge in [0.1, 0.15) is 0 Å². The van der Waals surface area contributed by atoms with Gasteiger partial charge < -0.3 is 0 Å². The Bertz CT molecular complexity index is 81.9. The largest absolute Gasteiger partial charge is 0.286 e. The summed E-state index contributed by atoms with van der Waals surface area (Å²) in [6.45, 7) is 5.38. The van der Waals surface area contributed by atoms with Crippen LogP contribution in [-0.2, 0) is 0 Å². The Labute approximate surface area is 38.1 Å². The maximum absolute atomic E-state index is 4.02. The maximum atomic E-state index is 4.02. The summed E-state index contributed by atoms with van der Waals surface area (Å²) in [5.74, 6) is 0.713. The maximum Gasteiger partial charge on any atom is 0.0771 e. The van der Waals surface area contributed by atoms with Crippen molar-refractivity contribution in [2.24, 2.45) is 10.9 Å². The van der Waals surface area contributed by atoms with E-state index < -0.39 is 0 Å². The Kier molecular flexibility index (Phi) is 0.685. The Morgan fingerprint density at radius 3 is 2.17 bits per heavy atom. The molecular formula is C5H9N. The van der Waals surface area contributed by atoms with Gasteiger partial charge in [-0.2, -0.15) is 0 Å². The van der Waals surface area contributed by atoms with Crippen LogP contribution in [0.15, 0.2) is 4.99 Å². The summed E-state index contributed by atoms with van der Waals surface area (Å²) >= 11 is 0. The quantitative estimate of drug-likeness (QED) is 0.450. The standard InChI is InChI=1S/C5H9N/c1-4(2)5-3-6-5/h4H,3H2,1-2H3. The molecule has 0 saturated heterocycles. The van der Waals surface area contributed by atoms with Crippen LogP contribution < -0.4 is 0 Å². The highest BCUT2D eigenvalue weighted by atomic mass is 14.9. The lowest BCUT2D eigenvalue weighted by molar-refractivity contribution is 0.902. The molecule has 0 N–H and O–H groups in total.